The maximum Gasteiger partial charge on any atom is 0.472 e. The van der Waals surface area contributed by atoms with Crippen LogP contribution in [0.25, 0.3) is 0 Å². The van der Waals surface area contributed by atoms with Crippen molar-refractivity contribution in [2.75, 3.05) is 26.4 Å². The molecule has 0 saturated carbocycles. The quantitative estimate of drug-likeness (QED) is 0.0269. The number of carbonyl (C=O) groups excluding carboxylic acids is 2. The van der Waals surface area contributed by atoms with E-state index in [0.29, 0.717) is 12.8 Å². The standard InChI is InChI=1S/C45H80NO8P/c1-3-5-7-9-11-13-15-17-19-21-23-25-27-29-31-33-35-37-44(47)51-41-43(42-53-55(49,50)52-40-39-46)54-45(48)38-36-34-32-30-28-26-24-22-20-18-16-14-12-10-8-6-4-2/h11-14,17-20,23,25,43H,3-10,15-16,21-22,24,26-42,46H2,1-2H3,(H,49,50)/t43-/m1/s1. The fourth-order valence-corrected chi connectivity index (χ4v) is 6.38. The van der Waals surface area contributed by atoms with Gasteiger partial charge >= 0.3 is 19.8 Å². The zero-order valence-electron chi connectivity index (χ0n) is 34.9. The van der Waals surface area contributed by atoms with Crippen molar-refractivity contribution in [3.63, 3.8) is 0 Å². The second-order valence-electron chi connectivity index (χ2n) is 14.2. The van der Waals surface area contributed by atoms with Gasteiger partial charge in [0.05, 0.1) is 13.2 Å². The molecule has 0 aromatic heterocycles. The van der Waals surface area contributed by atoms with Crippen molar-refractivity contribution in [1.82, 2.24) is 0 Å². The molecule has 0 aliphatic rings. The Morgan fingerprint density at radius 1 is 0.545 bits per heavy atom. The number of rotatable bonds is 40. The molecule has 0 aliphatic carbocycles. The first-order chi connectivity index (χ1) is 26.8. The highest BCUT2D eigenvalue weighted by Gasteiger charge is 2.26. The summed E-state index contributed by atoms with van der Waals surface area (Å²) in [6, 6.07) is 0. The van der Waals surface area contributed by atoms with Gasteiger partial charge in [0.2, 0.25) is 0 Å². The maximum absolute atomic E-state index is 12.6. The predicted molar refractivity (Wildman–Crippen MR) is 229 cm³/mol. The molecule has 0 fully saturated rings. The lowest BCUT2D eigenvalue weighted by molar-refractivity contribution is -0.161. The molecule has 3 N–H and O–H groups in total. The van der Waals surface area contributed by atoms with Gasteiger partial charge in [-0.1, -0.05) is 145 Å². The first-order valence-electron chi connectivity index (χ1n) is 21.8. The van der Waals surface area contributed by atoms with Crippen LogP contribution in [-0.4, -0.2) is 49.3 Å². The first-order valence-corrected chi connectivity index (χ1v) is 23.3. The minimum absolute atomic E-state index is 0.0461. The van der Waals surface area contributed by atoms with Gasteiger partial charge in [-0.25, -0.2) is 4.57 Å². The minimum Gasteiger partial charge on any atom is -0.462 e. The molecule has 1 unspecified atom stereocenters. The number of phosphoric ester groups is 1. The monoisotopic (exact) mass is 794 g/mol. The van der Waals surface area contributed by atoms with E-state index < -0.39 is 32.5 Å². The molecule has 0 rings (SSSR count). The summed E-state index contributed by atoms with van der Waals surface area (Å²) in [5, 5.41) is 0. The zero-order chi connectivity index (χ0) is 40.3. The number of hydrogen-bond donors (Lipinski definition) is 2. The summed E-state index contributed by atoms with van der Waals surface area (Å²) in [5.41, 5.74) is 5.34. The Morgan fingerprint density at radius 2 is 0.945 bits per heavy atom. The van der Waals surface area contributed by atoms with Gasteiger partial charge in [0, 0.05) is 19.4 Å². The van der Waals surface area contributed by atoms with E-state index >= 15 is 0 Å². The van der Waals surface area contributed by atoms with Crippen molar-refractivity contribution in [1.29, 1.82) is 0 Å². The number of hydrogen-bond acceptors (Lipinski definition) is 8. The van der Waals surface area contributed by atoms with Gasteiger partial charge in [0.15, 0.2) is 6.10 Å². The van der Waals surface area contributed by atoms with E-state index in [1.807, 2.05) is 0 Å². The van der Waals surface area contributed by atoms with Gasteiger partial charge in [-0.15, -0.1) is 0 Å². The molecule has 0 saturated heterocycles. The van der Waals surface area contributed by atoms with Crippen molar-refractivity contribution in [3.05, 3.63) is 60.8 Å². The van der Waals surface area contributed by atoms with Crippen LogP contribution >= 0.6 is 7.82 Å². The number of esters is 2. The number of ether oxygens (including phenoxy) is 2. The Bertz CT molecular complexity index is 1090. The number of unbranched alkanes of at least 4 members (excludes halogenated alkanes) is 17. The zero-order valence-corrected chi connectivity index (χ0v) is 35.8. The smallest absolute Gasteiger partial charge is 0.462 e. The van der Waals surface area contributed by atoms with Crippen LogP contribution in [0, 0.1) is 0 Å². The molecule has 0 amide bonds. The second kappa shape index (κ2) is 41.3. The third-order valence-corrected chi connectivity index (χ3v) is 9.86. The van der Waals surface area contributed by atoms with E-state index in [9.17, 15) is 19.0 Å². The van der Waals surface area contributed by atoms with Gasteiger partial charge in [0.1, 0.15) is 6.61 Å². The molecule has 2 atom stereocenters. The fourth-order valence-electron chi connectivity index (χ4n) is 5.61. The van der Waals surface area contributed by atoms with Crippen LogP contribution in [-0.2, 0) is 32.7 Å². The Balaban J connectivity index is 4.22. The molecule has 0 bridgehead atoms. The highest BCUT2D eigenvalue weighted by Crippen LogP contribution is 2.43. The molecule has 0 heterocycles. The second-order valence-corrected chi connectivity index (χ2v) is 15.7. The molecule has 318 valence electrons. The molecule has 0 radical (unpaired) electrons. The SMILES string of the molecule is CCCCCC=CCC=CCC=CCCCCCCC(=O)OC[C@H](COP(=O)(O)OCCN)OC(=O)CCCCCCCCCC=CCC=CCCCCC. The fraction of sp³-hybridized carbons (Fsp3) is 0.733. The van der Waals surface area contributed by atoms with E-state index in [-0.39, 0.29) is 32.6 Å². The summed E-state index contributed by atoms with van der Waals surface area (Å²) in [5.74, 6) is -0.866. The first kappa shape index (κ1) is 52.7. The summed E-state index contributed by atoms with van der Waals surface area (Å²) in [4.78, 5) is 34.9. The molecule has 10 heteroatoms. The van der Waals surface area contributed by atoms with Crippen LogP contribution < -0.4 is 5.73 Å². The largest absolute Gasteiger partial charge is 0.472 e. The van der Waals surface area contributed by atoms with Crippen molar-refractivity contribution >= 4 is 19.8 Å². The third-order valence-electron chi connectivity index (χ3n) is 8.88. The molecule has 0 aliphatic heterocycles. The summed E-state index contributed by atoms with van der Waals surface area (Å²) < 4.78 is 32.8. The van der Waals surface area contributed by atoms with Crippen LogP contribution in [0.15, 0.2) is 60.8 Å². The van der Waals surface area contributed by atoms with E-state index in [1.165, 1.54) is 70.6 Å². The van der Waals surface area contributed by atoms with Gasteiger partial charge in [-0.2, -0.15) is 0 Å². The van der Waals surface area contributed by atoms with E-state index in [4.69, 9.17) is 24.3 Å². The van der Waals surface area contributed by atoms with Crippen molar-refractivity contribution in [2.24, 2.45) is 5.73 Å². The Kier molecular flexibility index (Phi) is 39.6. The number of nitrogens with two attached hydrogens (primary N) is 1. The number of allylic oxidation sites excluding steroid dienone is 10. The van der Waals surface area contributed by atoms with Crippen LogP contribution in [0.3, 0.4) is 0 Å². The molecular formula is C45H80NO8P. The van der Waals surface area contributed by atoms with Crippen molar-refractivity contribution < 1.29 is 37.6 Å². The van der Waals surface area contributed by atoms with Gasteiger partial charge in [-0.05, 0) is 83.5 Å². The summed E-state index contributed by atoms with van der Waals surface area (Å²) in [6.45, 7) is 3.64. The number of carbonyl (C=O) groups is 2. The lowest BCUT2D eigenvalue weighted by Gasteiger charge is -2.19. The molecule has 0 aromatic rings. The summed E-state index contributed by atoms with van der Waals surface area (Å²) in [6.07, 6.45) is 48.1. The Labute approximate surface area is 336 Å². The van der Waals surface area contributed by atoms with Crippen molar-refractivity contribution in [3.8, 4) is 0 Å². The van der Waals surface area contributed by atoms with Crippen LogP contribution in [0.4, 0.5) is 0 Å². The highest BCUT2D eigenvalue weighted by molar-refractivity contribution is 7.47. The van der Waals surface area contributed by atoms with Crippen LogP contribution in [0.2, 0.25) is 0 Å². The van der Waals surface area contributed by atoms with Gasteiger partial charge in [-0.3, -0.25) is 18.6 Å². The highest BCUT2D eigenvalue weighted by atomic mass is 31.2. The number of phosphoric acid groups is 1. The van der Waals surface area contributed by atoms with Crippen LogP contribution in [0.1, 0.15) is 181 Å². The van der Waals surface area contributed by atoms with Crippen LogP contribution in [0.5, 0.6) is 0 Å². The maximum atomic E-state index is 12.6. The van der Waals surface area contributed by atoms with Gasteiger partial charge < -0.3 is 20.1 Å². The lowest BCUT2D eigenvalue weighted by Crippen LogP contribution is -2.29. The molecule has 0 spiro atoms. The molecule has 9 nitrogen and oxygen atoms in total. The third kappa shape index (κ3) is 41.2. The lowest BCUT2D eigenvalue weighted by atomic mass is 10.1. The normalized spacial score (nSPS) is 13.9. The summed E-state index contributed by atoms with van der Waals surface area (Å²) >= 11 is 0. The molecular weight excluding hydrogens is 713 g/mol. The molecule has 0 aromatic carbocycles. The molecule has 55 heavy (non-hydrogen) atoms. The Hall–Kier alpha value is -2.29. The minimum atomic E-state index is -4.39. The van der Waals surface area contributed by atoms with E-state index in [1.54, 1.807) is 0 Å². The van der Waals surface area contributed by atoms with E-state index in [2.05, 4.69) is 74.6 Å². The van der Waals surface area contributed by atoms with E-state index in [0.717, 1.165) is 70.6 Å². The predicted octanol–water partition coefficient (Wildman–Crippen LogP) is 12.5. The average molecular weight is 794 g/mol. The Morgan fingerprint density at radius 3 is 1.40 bits per heavy atom. The average Bonchev–Trinajstić information content (AvgIpc) is 3.17. The topological polar surface area (TPSA) is 134 Å². The van der Waals surface area contributed by atoms with Crippen molar-refractivity contribution in [2.45, 2.75) is 187 Å². The summed E-state index contributed by atoms with van der Waals surface area (Å²) in [7, 11) is -4.39. The van der Waals surface area contributed by atoms with Gasteiger partial charge in [0.25, 0.3) is 0 Å².